The molecule has 2 rings (SSSR count). The van der Waals surface area contributed by atoms with Gasteiger partial charge in [0.25, 0.3) is 0 Å². The van der Waals surface area contributed by atoms with Crippen molar-refractivity contribution in [3.63, 3.8) is 0 Å². The lowest BCUT2D eigenvalue weighted by Gasteiger charge is -2.36. The van der Waals surface area contributed by atoms with E-state index in [1.54, 1.807) is 0 Å². The van der Waals surface area contributed by atoms with Crippen molar-refractivity contribution in [3.8, 4) is 5.75 Å². The molecule has 21 heavy (non-hydrogen) atoms. The second-order valence-electron chi connectivity index (χ2n) is 5.56. The smallest absolute Gasteiger partial charge is 0.119 e. The molecule has 0 amide bonds. The number of aliphatic hydroxyl groups is 1. The van der Waals surface area contributed by atoms with Crippen LogP contribution in [-0.2, 0) is 11.3 Å². The Kier molecular flexibility index (Phi) is 6.45. The van der Waals surface area contributed by atoms with E-state index in [9.17, 15) is 5.11 Å². The maximum atomic E-state index is 9.21. The number of morpholine rings is 1. The Morgan fingerprint density at radius 3 is 3.05 bits per heavy atom. The molecule has 0 spiro atoms. The molecule has 1 aromatic carbocycles. The Bertz CT molecular complexity index is 428. The molecule has 0 aliphatic carbocycles. The molecule has 5 nitrogen and oxygen atoms in total. The molecule has 1 aromatic rings. The summed E-state index contributed by atoms with van der Waals surface area (Å²) in [6, 6.07) is 7.90. The van der Waals surface area contributed by atoms with Crippen LogP contribution in [0.2, 0.25) is 0 Å². The predicted octanol–water partition coefficient (Wildman–Crippen LogP) is 0.996. The Morgan fingerprint density at radius 1 is 1.43 bits per heavy atom. The van der Waals surface area contributed by atoms with Crippen LogP contribution >= 0.6 is 0 Å². The van der Waals surface area contributed by atoms with Crippen molar-refractivity contribution in [1.29, 1.82) is 0 Å². The summed E-state index contributed by atoms with van der Waals surface area (Å²) in [5, 5.41) is 9.21. The van der Waals surface area contributed by atoms with Crippen molar-refractivity contribution in [1.82, 2.24) is 4.90 Å². The van der Waals surface area contributed by atoms with Crippen LogP contribution in [0.5, 0.6) is 5.75 Å². The molecule has 1 fully saturated rings. The number of nitrogens with zero attached hydrogens (tertiary/aromatic N) is 1. The monoisotopic (exact) mass is 294 g/mol. The fourth-order valence-electron chi connectivity index (χ4n) is 2.66. The zero-order chi connectivity index (χ0) is 15.1. The molecule has 0 bridgehead atoms. The van der Waals surface area contributed by atoms with Gasteiger partial charge in [-0.2, -0.15) is 0 Å². The number of hydrogen-bond donors (Lipinski definition) is 2. The average molecular weight is 294 g/mol. The lowest BCUT2D eigenvalue weighted by atomic mass is 10.2. The fraction of sp³-hybridized carbons (Fsp3) is 0.625. The third-order valence-electron chi connectivity index (χ3n) is 3.63. The van der Waals surface area contributed by atoms with Gasteiger partial charge in [-0.3, -0.25) is 4.90 Å². The van der Waals surface area contributed by atoms with Crippen molar-refractivity contribution >= 4 is 0 Å². The van der Waals surface area contributed by atoms with Gasteiger partial charge in [-0.25, -0.2) is 0 Å². The summed E-state index contributed by atoms with van der Waals surface area (Å²) >= 11 is 0. The molecule has 118 valence electrons. The maximum Gasteiger partial charge on any atom is 0.119 e. The zero-order valence-electron chi connectivity index (χ0n) is 12.7. The number of ether oxygens (including phenoxy) is 2. The van der Waals surface area contributed by atoms with Gasteiger partial charge < -0.3 is 20.3 Å². The average Bonchev–Trinajstić information content (AvgIpc) is 2.51. The summed E-state index contributed by atoms with van der Waals surface area (Å²) in [4.78, 5) is 2.33. The van der Waals surface area contributed by atoms with Gasteiger partial charge in [0.2, 0.25) is 0 Å². The van der Waals surface area contributed by atoms with Crippen LogP contribution in [0, 0.1) is 0 Å². The van der Waals surface area contributed by atoms with Crippen LogP contribution in [0.25, 0.3) is 0 Å². The van der Waals surface area contributed by atoms with Crippen LogP contribution in [0.3, 0.4) is 0 Å². The van der Waals surface area contributed by atoms with Crippen molar-refractivity contribution in [2.75, 3.05) is 32.8 Å². The number of nitrogens with two attached hydrogens (primary N) is 1. The quantitative estimate of drug-likeness (QED) is 0.734. The molecular weight excluding hydrogens is 268 g/mol. The zero-order valence-corrected chi connectivity index (χ0v) is 12.7. The van der Waals surface area contributed by atoms with Crippen molar-refractivity contribution in [3.05, 3.63) is 29.8 Å². The maximum absolute atomic E-state index is 9.21. The van der Waals surface area contributed by atoms with E-state index in [4.69, 9.17) is 15.2 Å². The van der Waals surface area contributed by atoms with E-state index < -0.39 is 0 Å². The van der Waals surface area contributed by atoms with E-state index in [-0.39, 0.29) is 18.8 Å². The van der Waals surface area contributed by atoms with Gasteiger partial charge in [0.05, 0.1) is 25.4 Å². The second-order valence-corrected chi connectivity index (χ2v) is 5.56. The SMILES string of the molecule is CC1CN(CCCOc2cccc(CN)c2)CC(CO)O1. The topological polar surface area (TPSA) is 68.0 Å². The number of rotatable bonds is 7. The molecule has 1 aliphatic rings. The van der Waals surface area contributed by atoms with Gasteiger partial charge in [0.15, 0.2) is 0 Å². The van der Waals surface area contributed by atoms with Crippen LogP contribution in [0.15, 0.2) is 24.3 Å². The molecule has 1 heterocycles. The van der Waals surface area contributed by atoms with Gasteiger partial charge >= 0.3 is 0 Å². The third kappa shape index (κ3) is 5.28. The normalized spacial score (nSPS) is 23.2. The van der Waals surface area contributed by atoms with Gasteiger partial charge in [-0.15, -0.1) is 0 Å². The Labute approximate surface area is 126 Å². The van der Waals surface area contributed by atoms with E-state index in [2.05, 4.69) is 4.90 Å². The Hall–Kier alpha value is -1.14. The van der Waals surface area contributed by atoms with Crippen molar-refractivity contribution < 1.29 is 14.6 Å². The van der Waals surface area contributed by atoms with Gasteiger partial charge in [-0.1, -0.05) is 12.1 Å². The number of aliphatic hydroxyl groups excluding tert-OH is 1. The summed E-state index contributed by atoms with van der Waals surface area (Å²) in [7, 11) is 0. The molecule has 1 saturated heterocycles. The highest BCUT2D eigenvalue weighted by Gasteiger charge is 2.24. The molecular formula is C16H26N2O3. The highest BCUT2D eigenvalue weighted by molar-refractivity contribution is 5.28. The largest absolute Gasteiger partial charge is 0.494 e. The highest BCUT2D eigenvalue weighted by atomic mass is 16.5. The van der Waals surface area contributed by atoms with E-state index in [1.165, 1.54) is 0 Å². The summed E-state index contributed by atoms with van der Waals surface area (Å²) in [6.07, 6.45) is 1.08. The van der Waals surface area contributed by atoms with E-state index in [1.807, 2.05) is 31.2 Å². The summed E-state index contributed by atoms with van der Waals surface area (Å²) in [5.74, 6) is 0.876. The van der Waals surface area contributed by atoms with Gasteiger partial charge in [-0.05, 0) is 31.0 Å². The molecule has 2 unspecified atom stereocenters. The molecule has 2 atom stereocenters. The second kappa shape index (κ2) is 8.34. The molecule has 0 aromatic heterocycles. The summed E-state index contributed by atoms with van der Waals surface area (Å²) in [5.41, 5.74) is 6.70. The lowest BCUT2D eigenvalue weighted by Crippen LogP contribution is -2.48. The first-order valence-electron chi connectivity index (χ1n) is 7.61. The Balaban J connectivity index is 1.69. The fourth-order valence-corrected chi connectivity index (χ4v) is 2.66. The third-order valence-corrected chi connectivity index (χ3v) is 3.63. The van der Waals surface area contributed by atoms with Crippen LogP contribution in [0.4, 0.5) is 0 Å². The van der Waals surface area contributed by atoms with Gasteiger partial charge in [0, 0.05) is 26.2 Å². The predicted molar refractivity (Wildman–Crippen MR) is 82.3 cm³/mol. The van der Waals surface area contributed by atoms with Crippen LogP contribution in [-0.4, -0.2) is 55.1 Å². The molecule has 3 N–H and O–H groups in total. The first-order chi connectivity index (χ1) is 10.2. The standard InChI is InChI=1S/C16H26N2O3/c1-13-10-18(11-16(12-19)21-13)6-3-7-20-15-5-2-4-14(8-15)9-17/h2,4-5,8,13,16,19H,3,6-7,9-12,17H2,1H3. The minimum atomic E-state index is -0.0593. The summed E-state index contributed by atoms with van der Waals surface area (Å²) < 4.78 is 11.4. The lowest BCUT2D eigenvalue weighted by molar-refractivity contribution is -0.0955. The highest BCUT2D eigenvalue weighted by Crippen LogP contribution is 2.14. The van der Waals surface area contributed by atoms with Crippen LogP contribution in [0.1, 0.15) is 18.9 Å². The van der Waals surface area contributed by atoms with Crippen molar-refractivity contribution in [2.24, 2.45) is 5.73 Å². The van der Waals surface area contributed by atoms with E-state index >= 15 is 0 Å². The number of benzene rings is 1. The Morgan fingerprint density at radius 2 is 2.29 bits per heavy atom. The van der Waals surface area contributed by atoms with E-state index in [0.29, 0.717) is 13.2 Å². The molecule has 0 radical (unpaired) electrons. The minimum Gasteiger partial charge on any atom is -0.494 e. The first kappa shape index (κ1) is 16.2. The first-order valence-corrected chi connectivity index (χ1v) is 7.61. The number of hydrogen-bond acceptors (Lipinski definition) is 5. The molecule has 1 aliphatic heterocycles. The van der Waals surface area contributed by atoms with E-state index in [0.717, 1.165) is 37.4 Å². The van der Waals surface area contributed by atoms with Crippen molar-refractivity contribution in [2.45, 2.75) is 32.1 Å². The molecule has 5 heteroatoms. The minimum absolute atomic E-state index is 0.0593. The molecule has 0 saturated carbocycles. The van der Waals surface area contributed by atoms with Gasteiger partial charge in [0.1, 0.15) is 5.75 Å². The summed E-state index contributed by atoms with van der Waals surface area (Å²) in [6.45, 7) is 6.02. The van der Waals surface area contributed by atoms with Crippen LogP contribution < -0.4 is 10.5 Å².